The highest BCUT2D eigenvalue weighted by molar-refractivity contribution is 5.89. The Labute approximate surface area is 147 Å². The zero-order chi connectivity index (χ0) is 17.5. The van der Waals surface area contributed by atoms with Crippen molar-refractivity contribution in [2.45, 2.75) is 32.1 Å². The van der Waals surface area contributed by atoms with Crippen molar-refractivity contribution in [2.24, 2.45) is 0 Å². The molecule has 0 bridgehead atoms. The fraction of sp³-hybridized carbons (Fsp3) is 0.316. The Balaban J connectivity index is 1.58. The Morgan fingerprint density at radius 2 is 2.04 bits per heavy atom. The summed E-state index contributed by atoms with van der Waals surface area (Å²) in [6.45, 7) is 0.844. The van der Waals surface area contributed by atoms with Crippen LogP contribution in [0.25, 0.3) is 0 Å². The maximum Gasteiger partial charge on any atom is 0.335 e. The smallest absolute Gasteiger partial charge is 0.335 e. The molecular weight excluding hydrogens is 316 g/mol. The Kier molecular flexibility index (Phi) is 5.61. The molecule has 1 aliphatic carbocycles. The largest absolute Gasteiger partial charge is 0.478 e. The third-order valence-electron chi connectivity index (χ3n) is 4.19. The molecule has 25 heavy (non-hydrogen) atoms. The van der Waals surface area contributed by atoms with Gasteiger partial charge in [0.1, 0.15) is 18.0 Å². The van der Waals surface area contributed by atoms with Gasteiger partial charge in [-0.3, -0.25) is 0 Å². The molecule has 0 saturated carbocycles. The molecule has 130 valence electrons. The minimum Gasteiger partial charge on any atom is -0.478 e. The normalized spacial score (nSPS) is 13.8. The highest BCUT2D eigenvalue weighted by Crippen LogP contribution is 2.21. The van der Waals surface area contributed by atoms with Crippen LogP contribution in [-0.4, -0.2) is 27.6 Å². The topological polar surface area (TPSA) is 87.1 Å². The van der Waals surface area contributed by atoms with Crippen molar-refractivity contribution >= 4 is 23.3 Å². The van der Waals surface area contributed by atoms with Crippen molar-refractivity contribution in [3.05, 3.63) is 53.9 Å². The van der Waals surface area contributed by atoms with E-state index in [1.165, 1.54) is 37.6 Å². The minimum atomic E-state index is -0.953. The monoisotopic (exact) mass is 338 g/mol. The molecule has 3 rings (SSSR count). The van der Waals surface area contributed by atoms with Gasteiger partial charge >= 0.3 is 5.97 Å². The maximum atomic E-state index is 11.0. The summed E-state index contributed by atoms with van der Waals surface area (Å²) >= 11 is 0. The molecule has 6 nitrogen and oxygen atoms in total. The van der Waals surface area contributed by atoms with E-state index in [9.17, 15) is 4.79 Å². The molecule has 1 aromatic heterocycles. The van der Waals surface area contributed by atoms with Gasteiger partial charge in [0, 0.05) is 18.3 Å². The lowest BCUT2D eigenvalue weighted by molar-refractivity contribution is 0.0697. The first-order valence-corrected chi connectivity index (χ1v) is 8.55. The number of carboxylic acid groups (broad SMARTS) is 1. The van der Waals surface area contributed by atoms with Gasteiger partial charge in [0.15, 0.2) is 0 Å². The van der Waals surface area contributed by atoms with Crippen LogP contribution in [0.1, 0.15) is 42.5 Å². The van der Waals surface area contributed by atoms with Crippen LogP contribution in [0.5, 0.6) is 0 Å². The van der Waals surface area contributed by atoms with Crippen LogP contribution in [0.2, 0.25) is 0 Å². The van der Waals surface area contributed by atoms with Crippen LogP contribution in [0.4, 0.5) is 17.3 Å². The minimum absolute atomic E-state index is 0.234. The summed E-state index contributed by atoms with van der Waals surface area (Å²) in [5.41, 5.74) is 2.44. The van der Waals surface area contributed by atoms with Gasteiger partial charge in [-0.15, -0.1) is 0 Å². The molecular formula is C19H22N4O2. The third kappa shape index (κ3) is 5.04. The predicted octanol–water partition coefficient (Wildman–Crippen LogP) is 4.22. The number of nitrogens with one attached hydrogen (secondary N) is 2. The summed E-state index contributed by atoms with van der Waals surface area (Å²) in [4.78, 5) is 19.5. The molecule has 1 aliphatic rings. The number of nitrogens with zero attached hydrogens (tertiary/aromatic N) is 2. The van der Waals surface area contributed by atoms with E-state index in [1.807, 2.05) is 6.07 Å². The van der Waals surface area contributed by atoms with Crippen molar-refractivity contribution in [2.75, 3.05) is 17.2 Å². The lowest BCUT2D eigenvalue weighted by Gasteiger charge is -2.13. The lowest BCUT2D eigenvalue weighted by atomic mass is 9.97. The number of aromatic nitrogens is 2. The first-order valence-electron chi connectivity index (χ1n) is 8.55. The van der Waals surface area contributed by atoms with E-state index in [2.05, 4.69) is 26.7 Å². The molecule has 0 atom stereocenters. The van der Waals surface area contributed by atoms with Crippen molar-refractivity contribution in [1.82, 2.24) is 9.97 Å². The van der Waals surface area contributed by atoms with E-state index >= 15 is 0 Å². The Morgan fingerprint density at radius 3 is 2.84 bits per heavy atom. The van der Waals surface area contributed by atoms with E-state index in [0.717, 1.165) is 18.8 Å². The van der Waals surface area contributed by atoms with Crippen molar-refractivity contribution in [3.63, 3.8) is 0 Å². The average Bonchev–Trinajstić information content (AvgIpc) is 2.63. The van der Waals surface area contributed by atoms with Crippen LogP contribution in [0.15, 0.2) is 48.3 Å². The van der Waals surface area contributed by atoms with Gasteiger partial charge in [-0.05, 0) is 50.3 Å². The number of hydrogen-bond donors (Lipinski definition) is 3. The lowest BCUT2D eigenvalue weighted by Crippen LogP contribution is -2.06. The van der Waals surface area contributed by atoms with E-state index < -0.39 is 5.97 Å². The standard InChI is InChI=1S/C19H22N4O2/c24-19(25)15-7-4-8-16(11-15)23-18-12-17(21-13-22-18)20-10-9-14-5-2-1-3-6-14/h4-5,7-8,11-13H,1-3,6,9-10H2,(H,24,25)(H2,20,21,22,23). The summed E-state index contributed by atoms with van der Waals surface area (Å²) in [5.74, 6) is 0.422. The number of anilines is 3. The zero-order valence-electron chi connectivity index (χ0n) is 14.0. The molecule has 1 aromatic carbocycles. The van der Waals surface area contributed by atoms with E-state index in [-0.39, 0.29) is 5.56 Å². The van der Waals surface area contributed by atoms with Crippen LogP contribution in [-0.2, 0) is 0 Å². The number of carboxylic acids is 1. The molecule has 0 aliphatic heterocycles. The molecule has 0 saturated heterocycles. The number of allylic oxidation sites excluding steroid dienone is 1. The molecule has 6 heteroatoms. The number of rotatable bonds is 7. The maximum absolute atomic E-state index is 11.0. The number of benzene rings is 1. The molecule has 0 spiro atoms. The third-order valence-corrected chi connectivity index (χ3v) is 4.19. The van der Waals surface area contributed by atoms with Gasteiger partial charge < -0.3 is 15.7 Å². The summed E-state index contributed by atoms with van der Waals surface area (Å²) in [6.07, 6.45) is 9.89. The molecule has 1 heterocycles. The van der Waals surface area contributed by atoms with Crippen molar-refractivity contribution in [3.8, 4) is 0 Å². The number of hydrogen-bond acceptors (Lipinski definition) is 5. The van der Waals surface area contributed by atoms with Gasteiger partial charge in [0.25, 0.3) is 0 Å². The highest BCUT2D eigenvalue weighted by Gasteiger charge is 2.06. The fourth-order valence-electron chi connectivity index (χ4n) is 2.88. The molecule has 3 N–H and O–H groups in total. The van der Waals surface area contributed by atoms with Crippen LogP contribution < -0.4 is 10.6 Å². The quantitative estimate of drug-likeness (QED) is 0.655. The summed E-state index contributed by atoms with van der Waals surface area (Å²) in [7, 11) is 0. The Morgan fingerprint density at radius 1 is 1.16 bits per heavy atom. The second kappa shape index (κ2) is 8.28. The first kappa shape index (κ1) is 17.0. The van der Waals surface area contributed by atoms with E-state index in [4.69, 9.17) is 5.11 Å². The van der Waals surface area contributed by atoms with Gasteiger partial charge in [0.05, 0.1) is 5.56 Å². The number of aromatic carboxylic acids is 1. The molecule has 2 aromatic rings. The average molecular weight is 338 g/mol. The van der Waals surface area contributed by atoms with Gasteiger partial charge in [-0.2, -0.15) is 0 Å². The fourth-order valence-corrected chi connectivity index (χ4v) is 2.88. The van der Waals surface area contributed by atoms with Crippen molar-refractivity contribution < 1.29 is 9.90 Å². The van der Waals surface area contributed by atoms with Gasteiger partial charge in [-0.1, -0.05) is 17.7 Å². The predicted molar refractivity (Wildman–Crippen MR) is 98.4 cm³/mol. The SMILES string of the molecule is O=C(O)c1cccc(Nc2cc(NCCC3=CCCCC3)ncn2)c1. The molecule has 0 amide bonds. The highest BCUT2D eigenvalue weighted by atomic mass is 16.4. The molecule has 0 unspecified atom stereocenters. The zero-order valence-corrected chi connectivity index (χ0v) is 14.0. The number of carbonyl (C=O) groups is 1. The Bertz CT molecular complexity index is 774. The summed E-state index contributed by atoms with van der Waals surface area (Å²) in [6, 6.07) is 8.46. The summed E-state index contributed by atoms with van der Waals surface area (Å²) in [5, 5.41) is 15.5. The second-order valence-electron chi connectivity index (χ2n) is 6.08. The van der Waals surface area contributed by atoms with Crippen molar-refractivity contribution in [1.29, 1.82) is 0 Å². The van der Waals surface area contributed by atoms with Gasteiger partial charge in [-0.25, -0.2) is 14.8 Å². The summed E-state index contributed by atoms with van der Waals surface area (Å²) < 4.78 is 0. The van der Waals surface area contributed by atoms with Crippen LogP contribution in [0, 0.1) is 0 Å². The van der Waals surface area contributed by atoms with E-state index in [0.29, 0.717) is 11.5 Å². The Hall–Kier alpha value is -2.89. The van der Waals surface area contributed by atoms with Crippen LogP contribution in [0.3, 0.4) is 0 Å². The van der Waals surface area contributed by atoms with Crippen LogP contribution >= 0.6 is 0 Å². The van der Waals surface area contributed by atoms with E-state index in [1.54, 1.807) is 24.3 Å². The molecule has 0 radical (unpaired) electrons. The second-order valence-corrected chi connectivity index (χ2v) is 6.08. The first-order chi connectivity index (χ1) is 12.2. The van der Waals surface area contributed by atoms with Gasteiger partial charge in [0.2, 0.25) is 0 Å². The molecule has 0 fully saturated rings.